The third kappa shape index (κ3) is 2.64. The van der Waals surface area contributed by atoms with Gasteiger partial charge in [0, 0.05) is 0 Å². The van der Waals surface area contributed by atoms with Crippen LogP contribution in [0.2, 0.25) is 0 Å². The van der Waals surface area contributed by atoms with Crippen molar-refractivity contribution in [1.82, 2.24) is 0 Å². The Morgan fingerprint density at radius 3 is 2.47 bits per heavy atom. The maximum Gasteiger partial charge on any atom is 0.339 e. The van der Waals surface area contributed by atoms with E-state index >= 15 is 0 Å². The van der Waals surface area contributed by atoms with Gasteiger partial charge in [-0.25, -0.2) is 4.79 Å². The Hall–Kier alpha value is -2.29. The Kier molecular flexibility index (Phi) is 3.10. The first-order chi connectivity index (χ1) is 8.16. The molecule has 0 saturated heterocycles. The minimum absolute atomic E-state index is 0.175. The van der Waals surface area contributed by atoms with Crippen molar-refractivity contribution in [3.05, 3.63) is 59.7 Å². The lowest BCUT2D eigenvalue weighted by atomic mass is 10.1. The second-order valence-corrected chi connectivity index (χ2v) is 3.72. The molecule has 3 nitrogen and oxygen atoms in total. The average Bonchev–Trinajstić information content (AvgIpc) is 2.32. The third-order valence-electron chi connectivity index (χ3n) is 2.34. The number of benzene rings is 2. The van der Waals surface area contributed by atoms with E-state index in [2.05, 4.69) is 0 Å². The molecule has 2 aromatic carbocycles. The number of carboxylic acid groups (broad SMARTS) is 1. The van der Waals surface area contributed by atoms with E-state index < -0.39 is 5.97 Å². The van der Waals surface area contributed by atoms with Gasteiger partial charge in [0.2, 0.25) is 0 Å². The molecular formula is C14H12O3. The molecule has 0 fully saturated rings. The molecule has 0 aliphatic heterocycles. The summed E-state index contributed by atoms with van der Waals surface area (Å²) in [4.78, 5) is 11.1. The number of carbonyl (C=O) groups is 1. The number of carboxylic acids is 1. The lowest BCUT2D eigenvalue weighted by molar-refractivity contribution is 0.0694. The predicted molar refractivity (Wildman–Crippen MR) is 64.7 cm³/mol. The highest BCUT2D eigenvalue weighted by molar-refractivity contribution is 5.91. The zero-order valence-corrected chi connectivity index (χ0v) is 9.38. The van der Waals surface area contributed by atoms with E-state index in [1.165, 1.54) is 0 Å². The lowest BCUT2D eigenvalue weighted by Crippen LogP contribution is -2.00. The Bertz CT molecular complexity index is 532. The van der Waals surface area contributed by atoms with Crippen molar-refractivity contribution < 1.29 is 14.6 Å². The molecule has 0 spiro atoms. The zero-order chi connectivity index (χ0) is 12.3. The Morgan fingerprint density at radius 2 is 1.82 bits per heavy atom. The first-order valence-electron chi connectivity index (χ1n) is 5.23. The molecular weight excluding hydrogens is 216 g/mol. The number of hydrogen-bond acceptors (Lipinski definition) is 2. The third-order valence-corrected chi connectivity index (χ3v) is 2.34. The van der Waals surface area contributed by atoms with Crippen molar-refractivity contribution in [2.45, 2.75) is 6.92 Å². The number of aromatic carboxylic acids is 1. The highest BCUT2D eigenvalue weighted by atomic mass is 16.5. The van der Waals surface area contributed by atoms with E-state index in [0.717, 1.165) is 5.56 Å². The van der Waals surface area contributed by atoms with E-state index in [1.807, 2.05) is 31.2 Å². The second kappa shape index (κ2) is 4.70. The normalized spacial score (nSPS) is 9.94. The number of hydrogen-bond donors (Lipinski definition) is 1. The number of rotatable bonds is 3. The van der Waals surface area contributed by atoms with Gasteiger partial charge in [0.15, 0.2) is 0 Å². The van der Waals surface area contributed by atoms with Gasteiger partial charge in [-0.1, -0.05) is 29.8 Å². The molecule has 0 radical (unpaired) electrons. The Balaban J connectivity index is 2.36. The molecule has 0 atom stereocenters. The van der Waals surface area contributed by atoms with Gasteiger partial charge >= 0.3 is 5.97 Å². The Labute approximate surface area is 99.3 Å². The summed E-state index contributed by atoms with van der Waals surface area (Å²) in [5.74, 6) is -0.00668. The van der Waals surface area contributed by atoms with Crippen LogP contribution in [0.4, 0.5) is 0 Å². The van der Waals surface area contributed by atoms with Gasteiger partial charge in [-0.3, -0.25) is 0 Å². The van der Waals surface area contributed by atoms with Crippen LogP contribution in [0.15, 0.2) is 48.5 Å². The van der Waals surface area contributed by atoms with Crippen LogP contribution < -0.4 is 4.74 Å². The highest BCUT2D eigenvalue weighted by Gasteiger charge is 2.11. The summed E-state index contributed by atoms with van der Waals surface area (Å²) >= 11 is 0. The quantitative estimate of drug-likeness (QED) is 0.874. The first kappa shape index (κ1) is 11.2. The van der Waals surface area contributed by atoms with Crippen LogP contribution in [0.1, 0.15) is 15.9 Å². The van der Waals surface area contributed by atoms with Gasteiger partial charge < -0.3 is 9.84 Å². The first-order valence-corrected chi connectivity index (χ1v) is 5.23. The molecule has 1 N–H and O–H groups in total. The van der Waals surface area contributed by atoms with Crippen LogP contribution in [0.5, 0.6) is 11.5 Å². The van der Waals surface area contributed by atoms with Crippen molar-refractivity contribution in [3.63, 3.8) is 0 Å². The van der Waals surface area contributed by atoms with Crippen molar-refractivity contribution in [1.29, 1.82) is 0 Å². The maximum atomic E-state index is 11.1. The van der Waals surface area contributed by atoms with E-state index in [9.17, 15) is 4.79 Å². The van der Waals surface area contributed by atoms with E-state index in [0.29, 0.717) is 11.5 Å². The molecule has 0 aliphatic rings. The topological polar surface area (TPSA) is 46.5 Å². The van der Waals surface area contributed by atoms with Gasteiger partial charge in [0.05, 0.1) is 0 Å². The number of para-hydroxylation sites is 1. The van der Waals surface area contributed by atoms with Crippen LogP contribution >= 0.6 is 0 Å². The van der Waals surface area contributed by atoms with Crippen LogP contribution in [-0.2, 0) is 0 Å². The Morgan fingerprint density at radius 1 is 1.12 bits per heavy atom. The molecule has 17 heavy (non-hydrogen) atoms. The van der Waals surface area contributed by atoms with Gasteiger partial charge in [-0.05, 0) is 31.2 Å². The largest absolute Gasteiger partial charge is 0.478 e. The second-order valence-electron chi connectivity index (χ2n) is 3.72. The molecule has 2 rings (SSSR count). The zero-order valence-electron chi connectivity index (χ0n) is 9.38. The monoisotopic (exact) mass is 228 g/mol. The summed E-state index contributed by atoms with van der Waals surface area (Å²) in [6.07, 6.45) is 0. The van der Waals surface area contributed by atoms with Crippen LogP contribution in [0.3, 0.4) is 0 Å². The molecule has 0 saturated carbocycles. The van der Waals surface area contributed by atoms with Gasteiger partial charge in [0.1, 0.15) is 17.1 Å². The number of ether oxygens (including phenoxy) is 1. The fourth-order valence-corrected chi connectivity index (χ4v) is 1.52. The maximum absolute atomic E-state index is 11.1. The molecule has 0 bridgehead atoms. The van der Waals surface area contributed by atoms with E-state index in [-0.39, 0.29) is 5.56 Å². The molecule has 3 heteroatoms. The smallest absolute Gasteiger partial charge is 0.339 e. The molecule has 0 unspecified atom stereocenters. The standard InChI is InChI=1S/C14H12O3/c1-10-7-8-13(12(9-10)14(15)16)17-11-5-3-2-4-6-11/h2-9H,1H3,(H,15,16). The van der Waals surface area contributed by atoms with Crippen molar-refractivity contribution in [3.8, 4) is 11.5 Å². The fourth-order valence-electron chi connectivity index (χ4n) is 1.52. The predicted octanol–water partition coefficient (Wildman–Crippen LogP) is 3.49. The van der Waals surface area contributed by atoms with Crippen LogP contribution in [-0.4, -0.2) is 11.1 Å². The van der Waals surface area contributed by atoms with Crippen molar-refractivity contribution in [2.75, 3.05) is 0 Å². The average molecular weight is 228 g/mol. The minimum atomic E-state index is -0.986. The van der Waals surface area contributed by atoms with Crippen molar-refractivity contribution in [2.24, 2.45) is 0 Å². The molecule has 0 aliphatic carbocycles. The summed E-state index contributed by atoms with van der Waals surface area (Å²) in [7, 11) is 0. The summed E-state index contributed by atoms with van der Waals surface area (Å²) in [6, 6.07) is 14.2. The van der Waals surface area contributed by atoms with Gasteiger partial charge in [0.25, 0.3) is 0 Å². The summed E-state index contributed by atoms with van der Waals surface area (Å²) < 4.78 is 5.54. The summed E-state index contributed by atoms with van der Waals surface area (Å²) in [5.41, 5.74) is 1.07. The van der Waals surface area contributed by atoms with Gasteiger partial charge in [-0.2, -0.15) is 0 Å². The van der Waals surface area contributed by atoms with Crippen LogP contribution in [0.25, 0.3) is 0 Å². The fraction of sp³-hybridized carbons (Fsp3) is 0.0714. The SMILES string of the molecule is Cc1ccc(Oc2ccccc2)c(C(=O)O)c1. The van der Waals surface area contributed by atoms with Crippen LogP contribution in [0, 0.1) is 6.92 Å². The van der Waals surface area contributed by atoms with Crippen molar-refractivity contribution >= 4 is 5.97 Å². The molecule has 86 valence electrons. The van der Waals surface area contributed by atoms with E-state index in [1.54, 1.807) is 24.3 Å². The molecule has 0 amide bonds. The van der Waals surface area contributed by atoms with E-state index in [4.69, 9.17) is 9.84 Å². The summed E-state index contributed by atoms with van der Waals surface area (Å²) in [6.45, 7) is 1.85. The van der Waals surface area contributed by atoms with Gasteiger partial charge in [-0.15, -0.1) is 0 Å². The molecule has 2 aromatic rings. The number of aryl methyl sites for hydroxylation is 1. The molecule has 0 aromatic heterocycles. The summed E-state index contributed by atoms with van der Waals surface area (Å²) in [5, 5.41) is 9.09. The minimum Gasteiger partial charge on any atom is -0.478 e. The highest BCUT2D eigenvalue weighted by Crippen LogP contribution is 2.26. The lowest BCUT2D eigenvalue weighted by Gasteiger charge is -2.09. The molecule has 0 heterocycles.